The number of hydrogen-bond donors (Lipinski definition) is 3. The van der Waals surface area contributed by atoms with E-state index in [0.717, 1.165) is 25.9 Å². The standard InChI is InChI=1S/C14H27N5OS/c1-5-7-17-14-18-12(15)11(21-14)13(20)16-8-9-19(4)10(3)6-2/h10H,5-9,15H2,1-4H3,(H,16,20)(H,17,18). The molecule has 0 fully saturated rings. The van der Waals surface area contributed by atoms with Gasteiger partial charge in [-0.25, -0.2) is 4.98 Å². The topological polar surface area (TPSA) is 83.3 Å². The first-order chi connectivity index (χ1) is 9.99. The lowest BCUT2D eigenvalue weighted by atomic mass is 10.2. The number of rotatable bonds is 9. The summed E-state index contributed by atoms with van der Waals surface area (Å²) < 4.78 is 0. The highest BCUT2D eigenvalue weighted by Crippen LogP contribution is 2.24. The summed E-state index contributed by atoms with van der Waals surface area (Å²) >= 11 is 1.30. The van der Waals surface area contributed by atoms with Crippen molar-refractivity contribution in [3.63, 3.8) is 0 Å². The van der Waals surface area contributed by atoms with Gasteiger partial charge in [0.15, 0.2) is 5.13 Å². The second kappa shape index (κ2) is 8.84. The number of aromatic nitrogens is 1. The van der Waals surface area contributed by atoms with Crippen molar-refractivity contribution >= 4 is 28.2 Å². The summed E-state index contributed by atoms with van der Waals surface area (Å²) in [6.07, 6.45) is 2.10. The van der Waals surface area contributed by atoms with E-state index in [1.54, 1.807) is 0 Å². The number of nitrogens with two attached hydrogens (primary N) is 1. The first kappa shape index (κ1) is 17.7. The van der Waals surface area contributed by atoms with Gasteiger partial charge in [-0.15, -0.1) is 0 Å². The summed E-state index contributed by atoms with van der Waals surface area (Å²) in [6.45, 7) is 8.66. The number of likely N-dealkylation sites (N-methyl/N-ethyl adjacent to an activating group) is 1. The van der Waals surface area contributed by atoms with Crippen LogP contribution < -0.4 is 16.4 Å². The molecule has 1 atom stereocenters. The molecule has 0 aromatic carbocycles. The summed E-state index contributed by atoms with van der Waals surface area (Å²) in [5.74, 6) is 0.151. The molecule has 0 radical (unpaired) electrons. The maximum Gasteiger partial charge on any atom is 0.265 e. The van der Waals surface area contributed by atoms with Gasteiger partial charge in [-0.2, -0.15) is 0 Å². The Balaban J connectivity index is 2.46. The van der Waals surface area contributed by atoms with Crippen molar-refractivity contribution in [1.29, 1.82) is 0 Å². The van der Waals surface area contributed by atoms with Crippen molar-refractivity contribution in [3.05, 3.63) is 4.88 Å². The van der Waals surface area contributed by atoms with Crippen molar-refractivity contribution in [3.8, 4) is 0 Å². The van der Waals surface area contributed by atoms with E-state index in [9.17, 15) is 4.79 Å². The number of carbonyl (C=O) groups excluding carboxylic acids is 1. The van der Waals surface area contributed by atoms with Crippen LogP contribution in [0.15, 0.2) is 0 Å². The number of carbonyl (C=O) groups is 1. The molecule has 0 saturated heterocycles. The molecule has 0 bridgehead atoms. The van der Waals surface area contributed by atoms with Crippen LogP contribution in [0.5, 0.6) is 0 Å². The lowest BCUT2D eigenvalue weighted by Crippen LogP contribution is -2.37. The molecule has 1 aromatic rings. The zero-order chi connectivity index (χ0) is 15.8. The first-order valence-corrected chi connectivity index (χ1v) is 8.29. The summed E-state index contributed by atoms with van der Waals surface area (Å²) in [7, 11) is 2.06. The van der Waals surface area contributed by atoms with E-state index >= 15 is 0 Å². The highest BCUT2D eigenvalue weighted by molar-refractivity contribution is 7.18. The molecule has 0 aliphatic carbocycles. The van der Waals surface area contributed by atoms with Crippen LogP contribution in [0, 0.1) is 0 Å². The molecule has 4 N–H and O–H groups in total. The molecule has 1 aromatic heterocycles. The molecular weight excluding hydrogens is 286 g/mol. The van der Waals surface area contributed by atoms with Crippen LogP contribution in [-0.2, 0) is 0 Å². The fourth-order valence-corrected chi connectivity index (χ4v) is 2.59. The predicted molar refractivity (Wildman–Crippen MR) is 90.0 cm³/mol. The number of nitrogen functional groups attached to an aromatic ring is 1. The zero-order valence-electron chi connectivity index (χ0n) is 13.4. The van der Waals surface area contributed by atoms with Crippen molar-refractivity contribution in [2.75, 3.05) is 37.7 Å². The summed E-state index contributed by atoms with van der Waals surface area (Å²) in [4.78, 5) is 19.0. The Morgan fingerprint density at radius 3 is 2.76 bits per heavy atom. The van der Waals surface area contributed by atoms with E-state index in [1.807, 2.05) is 0 Å². The van der Waals surface area contributed by atoms with Crippen LogP contribution in [0.4, 0.5) is 10.9 Å². The van der Waals surface area contributed by atoms with Gasteiger partial charge in [0.05, 0.1) is 0 Å². The number of amides is 1. The molecule has 21 heavy (non-hydrogen) atoms. The molecule has 0 aliphatic heterocycles. The molecule has 1 amide bonds. The lowest BCUT2D eigenvalue weighted by molar-refractivity contribution is 0.0952. The average molecular weight is 313 g/mol. The highest BCUT2D eigenvalue weighted by Gasteiger charge is 2.16. The number of nitrogens with one attached hydrogen (secondary N) is 2. The first-order valence-electron chi connectivity index (χ1n) is 7.48. The van der Waals surface area contributed by atoms with Gasteiger partial charge in [-0.1, -0.05) is 25.2 Å². The smallest absolute Gasteiger partial charge is 0.265 e. The molecule has 0 spiro atoms. The van der Waals surface area contributed by atoms with E-state index < -0.39 is 0 Å². The van der Waals surface area contributed by atoms with Crippen LogP contribution in [0.1, 0.15) is 43.3 Å². The highest BCUT2D eigenvalue weighted by atomic mass is 32.1. The summed E-state index contributed by atoms with van der Waals surface area (Å²) in [6, 6.07) is 0.514. The van der Waals surface area contributed by atoms with E-state index in [2.05, 4.69) is 48.3 Å². The van der Waals surface area contributed by atoms with E-state index in [0.29, 0.717) is 28.4 Å². The monoisotopic (exact) mass is 313 g/mol. The number of nitrogens with zero attached hydrogens (tertiary/aromatic N) is 2. The van der Waals surface area contributed by atoms with E-state index in [1.165, 1.54) is 11.3 Å². The Morgan fingerprint density at radius 2 is 2.14 bits per heavy atom. The summed E-state index contributed by atoms with van der Waals surface area (Å²) in [5.41, 5.74) is 5.80. The fraction of sp³-hybridized carbons (Fsp3) is 0.714. The minimum absolute atomic E-state index is 0.146. The van der Waals surface area contributed by atoms with Crippen LogP contribution in [-0.4, -0.2) is 48.5 Å². The molecule has 0 saturated carbocycles. The molecule has 120 valence electrons. The SMILES string of the molecule is CCCNc1nc(N)c(C(=O)NCCN(C)C(C)CC)s1. The molecule has 0 aliphatic rings. The Kier molecular flexibility index (Phi) is 7.45. The molecule has 1 heterocycles. The average Bonchev–Trinajstić information content (AvgIpc) is 2.84. The third-order valence-electron chi connectivity index (χ3n) is 3.48. The van der Waals surface area contributed by atoms with Crippen molar-refractivity contribution in [2.24, 2.45) is 0 Å². The predicted octanol–water partition coefficient (Wildman–Crippen LogP) is 2.01. The van der Waals surface area contributed by atoms with Gasteiger partial charge in [0, 0.05) is 25.7 Å². The lowest BCUT2D eigenvalue weighted by Gasteiger charge is -2.23. The van der Waals surface area contributed by atoms with Crippen LogP contribution in [0.2, 0.25) is 0 Å². The largest absolute Gasteiger partial charge is 0.382 e. The summed E-state index contributed by atoms with van der Waals surface area (Å²) in [5, 5.41) is 6.75. The maximum absolute atomic E-state index is 12.1. The van der Waals surface area contributed by atoms with Gasteiger partial charge in [-0.05, 0) is 26.8 Å². The Bertz CT molecular complexity index is 449. The van der Waals surface area contributed by atoms with Crippen LogP contribution in [0.3, 0.4) is 0 Å². The molecule has 6 nitrogen and oxygen atoms in total. The van der Waals surface area contributed by atoms with E-state index in [-0.39, 0.29) is 5.91 Å². The van der Waals surface area contributed by atoms with Crippen molar-refractivity contribution in [1.82, 2.24) is 15.2 Å². The molecular formula is C14H27N5OS. The minimum Gasteiger partial charge on any atom is -0.382 e. The van der Waals surface area contributed by atoms with Crippen molar-refractivity contribution in [2.45, 2.75) is 39.7 Å². The minimum atomic E-state index is -0.146. The third kappa shape index (κ3) is 5.51. The maximum atomic E-state index is 12.1. The van der Waals surface area contributed by atoms with Gasteiger partial charge in [-0.3, -0.25) is 4.79 Å². The molecule has 1 unspecified atom stereocenters. The Hall–Kier alpha value is -1.34. The fourth-order valence-electron chi connectivity index (χ4n) is 1.76. The van der Waals surface area contributed by atoms with E-state index in [4.69, 9.17) is 5.73 Å². The molecule has 7 heteroatoms. The zero-order valence-corrected chi connectivity index (χ0v) is 14.2. The second-order valence-electron chi connectivity index (χ2n) is 5.15. The number of anilines is 2. The quantitative estimate of drug-likeness (QED) is 0.649. The Labute approximate surface area is 131 Å². The second-order valence-corrected chi connectivity index (χ2v) is 6.15. The van der Waals surface area contributed by atoms with Gasteiger partial charge in [0.1, 0.15) is 10.7 Å². The van der Waals surface area contributed by atoms with Crippen molar-refractivity contribution < 1.29 is 4.79 Å². The normalized spacial score (nSPS) is 12.4. The van der Waals surface area contributed by atoms with Gasteiger partial charge in [0.2, 0.25) is 0 Å². The van der Waals surface area contributed by atoms with Crippen LogP contribution in [0.25, 0.3) is 0 Å². The number of thiazole rings is 1. The van der Waals surface area contributed by atoms with Gasteiger partial charge < -0.3 is 21.3 Å². The van der Waals surface area contributed by atoms with Gasteiger partial charge >= 0.3 is 0 Å². The third-order valence-corrected chi connectivity index (χ3v) is 4.51. The number of hydrogen-bond acceptors (Lipinski definition) is 6. The van der Waals surface area contributed by atoms with Crippen LogP contribution >= 0.6 is 11.3 Å². The Morgan fingerprint density at radius 1 is 1.43 bits per heavy atom. The van der Waals surface area contributed by atoms with Gasteiger partial charge in [0.25, 0.3) is 5.91 Å². The molecule has 1 rings (SSSR count).